The van der Waals surface area contributed by atoms with Gasteiger partial charge in [0.2, 0.25) is 11.8 Å². The van der Waals surface area contributed by atoms with E-state index in [9.17, 15) is 9.59 Å². The number of benzene rings is 1. The Kier molecular flexibility index (Phi) is 5.45. The Hall–Kier alpha value is -1.92. The zero-order valence-electron chi connectivity index (χ0n) is 16.2. The van der Waals surface area contributed by atoms with Crippen LogP contribution in [0, 0.1) is 6.92 Å². The van der Waals surface area contributed by atoms with E-state index in [-0.39, 0.29) is 17.9 Å². The van der Waals surface area contributed by atoms with Crippen LogP contribution in [0.4, 0.5) is 0 Å². The number of nitrogens with zero attached hydrogens (tertiary/aromatic N) is 3. The van der Waals surface area contributed by atoms with Crippen molar-refractivity contribution in [1.29, 1.82) is 0 Å². The Labute approximate surface area is 161 Å². The van der Waals surface area contributed by atoms with Crippen molar-refractivity contribution >= 4 is 11.8 Å². The molecule has 3 saturated heterocycles. The third-order valence-electron chi connectivity index (χ3n) is 6.23. The molecule has 6 heteroatoms. The number of carbonyl (C=O) groups excluding carboxylic acids is 2. The average Bonchev–Trinajstić information content (AvgIpc) is 3.32. The standard InChI is InChI=1S/C21H30N4O2/c1-16-2-4-17(5-3-16)14-25-19(6-7-20(25)26)21(27)24-11-8-18(15-24)23-12-9-22-10-13-23/h2-5,18-19,22H,6-15H2,1H3. The highest BCUT2D eigenvalue weighted by Crippen LogP contribution is 2.26. The molecule has 0 radical (unpaired) electrons. The first-order valence-corrected chi connectivity index (χ1v) is 10.2. The summed E-state index contributed by atoms with van der Waals surface area (Å²) in [6.45, 7) is 8.41. The van der Waals surface area contributed by atoms with Crippen LogP contribution in [0.2, 0.25) is 0 Å². The highest BCUT2D eigenvalue weighted by Gasteiger charge is 2.40. The van der Waals surface area contributed by atoms with Crippen LogP contribution in [0.15, 0.2) is 24.3 Å². The molecule has 3 aliphatic rings. The number of carbonyl (C=O) groups is 2. The Bertz CT molecular complexity index is 684. The van der Waals surface area contributed by atoms with Gasteiger partial charge in [0.25, 0.3) is 0 Å². The minimum atomic E-state index is -0.291. The third kappa shape index (κ3) is 4.01. The first-order chi connectivity index (χ1) is 13.1. The molecule has 0 aliphatic carbocycles. The highest BCUT2D eigenvalue weighted by atomic mass is 16.2. The monoisotopic (exact) mass is 370 g/mol. The minimum Gasteiger partial charge on any atom is -0.339 e. The summed E-state index contributed by atoms with van der Waals surface area (Å²) in [6.07, 6.45) is 2.18. The van der Waals surface area contributed by atoms with Gasteiger partial charge in [0.15, 0.2) is 0 Å². The summed E-state index contributed by atoms with van der Waals surface area (Å²) in [7, 11) is 0. The third-order valence-corrected chi connectivity index (χ3v) is 6.23. The molecule has 1 N–H and O–H groups in total. The summed E-state index contributed by atoms with van der Waals surface area (Å²) in [5.74, 6) is 0.248. The van der Waals surface area contributed by atoms with E-state index in [1.807, 2.05) is 4.90 Å². The molecule has 0 bridgehead atoms. The van der Waals surface area contributed by atoms with Crippen LogP contribution in [0.1, 0.15) is 30.4 Å². The second kappa shape index (κ2) is 7.98. The Morgan fingerprint density at radius 3 is 2.59 bits per heavy atom. The molecule has 3 aliphatic heterocycles. The van der Waals surface area contributed by atoms with Gasteiger partial charge in [-0.25, -0.2) is 0 Å². The molecule has 2 unspecified atom stereocenters. The van der Waals surface area contributed by atoms with Crippen LogP contribution in [0.3, 0.4) is 0 Å². The van der Waals surface area contributed by atoms with E-state index in [4.69, 9.17) is 0 Å². The van der Waals surface area contributed by atoms with Crippen molar-refractivity contribution in [3.8, 4) is 0 Å². The molecule has 27 heavy (non-hydrogen) atoms. The molecule has 0 spiro atoms. The van der Waals surface area contributed by atoms with Crippen molar-refractivity contribution in [2.75, 3.05) is 39.3 Å². The maximum atomic E-state index is 13.2. The van der Waals surface area contributed by atoms with Gasteiger partial charge in [0.05, 0.1) is 0 Å². The van der Waals surface area contributed by atoms with Crippen molar-refractivity contribution in [3.05, 3.63) is 35.4 Å². The smallest absolute Gasteiger partial charge is 0.245 e. The molecular weight excluding hydrogens is 340 g/mol. The van der Waals surface area contributed by atoms with Gasteiger partial charge >= 0.3 is 0 Å². The van der Waals surface area contributed by atoms with E-state index in [0.717, 1.165) is 51.3 Å². The largest absolute Gasteiger partial charge is 0.339 e. The summed E-state index contributed by atoms with van der Waals surface area (Å²) < 4.78 is 0. The number of aryl methyl sites for hydroxylation is 1. The SMILES string of the molecule is Cc1ccc(CN2C(=O)CCC2C(=O)N2CCC(N3CCNCC3)C2)cc1. The molecule has 2 amide bonds. The van der Waals surface area contributed by atoms with Crippen LogP contribution in [0.25, 0.3) is 0 Å². The topological polar surface area (TPSA) is 55.9 Å². The van der Waals surface area contributed by atoms with Gasteiger partial charge in [-0.05, 0) is 25.3 Å². The van der Waals surface area contributed by atoms with Crippen molar-refractivity contribution in [2.45, 2.75) is 44.8 Å². The zero-order chi connectivity index (χ0) is 18.8. The van der Waals surface area contributed by atoms with Crippen molar-refractivity contribution in [1.82, 2.24) is 20.0 Å². The average molecular weight is 370 g/mol. The van der Waals surface area contributed by atoms with Gasteiger partial charge in [-0.1, -0.05) is 29.8 Å². The Morgan fingerprint density at radius 1 is 1.11 bits per heavy atom. The lowest BCUT2D eigenvalue weighted by atomic mass is 10.1. The summed E-state index contributed by atoms with van der Waals surface area (Å²) in [5.41, 5.74) is 2.30. The molecule has 0 aromatic heterocycles. The predicted molar refractivity (Wildman–Crippen MR) is 104 cm³/mol. The normalized spacial score (nSPS) is 26.8. The summed E-state index contributed by atoms with van der Waals surface area (Å²) in [4.78, 5) is 31.9. The molecule has 1 aromatic rings. The predicted octanol–water partition coefficient (Wildman–Crippen LogP) is 0.992. The molecule has 2 atom stereocenters. The van der Waals surface area contributed by atoms with E-state index in [1.54, 1.807) is 4.90 Å². The van der Waals surface area contributed by atoms with Crippen LogP contribution in [-0.2, 0) is 16.1 Å². The molecule has 0 saturated carbocycles. The number of rotatable bonds is 4. The van der Waals surface area contributed by atoms with E-state index >= 15 is 0 Å². The van der Waals surface area contributed by atoms with Gasteiger partial charge < -0.3 is 15.1 Å². The maximum absolute atomic E-state index is 13.2. The van der Waals surface area contributed by atoms with E-state index in [2.05, 4.69) is 41.4 Å². The first kappa shape index (κ1) is 18.4. The number of amides is 2. The van der Waals surface area contributed by atoms with E-state index in [1.165, 1.54) is 5.56 Å². The van der Waals surface area contributed by atoms with Gasteiger partial charge in [-0.3, -0.25) is 14.5 Å². The molecule has 3 fully saturated rings. The number of hydrogen-bond donors (Lipinski definition) is 1. The van der Waals surface area contributed by atoms with Crippen LogP contribution < -0.4 is 5.32 Å². The summed E-state index contributed by atoms with van der Waals surface area (Å²) >= 11 is 0. The molecular formula is C21H30N4O2. The maximum Gasteiger partial charge on any atom is 0.245 e. The van der Waals surface area contributed by atoms with Gasteiger partial charge in [-0.2, -0.15) is 0 Å². The van der Waals surface area contributed by atoms with Gasteiger partial charge in [0.1, 0.15) is 6.04 Å². The molecule has 4 rings (SSSR count). The summed E-state index contributed by atoms with van der Waals surface area (Å²) in [6, 6.07) is 8.41. The fraction of sp³-hybridized carbons (Fsp3) is 0.619. The Balaban J connectivity index is 1.39. The minimum absolute atomic E-state index is 0.103. The first-order valence-electron chi connectivity index (χ1n) is 10.2. The second-order valence-electron chi connectivity index (χ2n) is 8.07. The quantitative estimate of drug-likeness (QED) is 0.859. The molecule has 1 aromatic carbocycles. The fourth-order valence-electron chi connectivity index (χ4n) is 4.58. The number of piperazine rings is 1. The van der Waals surface area contributed by atoms with Gasteiger partial charge in [0, 0.05) is 58.3 Å². The lowest BCUT2D eigenvalue weighted by Crippen LogP contribution is -2.50. The highest BCUT2D eigenvalue weighted by molar-refractivity contribution is 5.91. The lowest BCUT2D eigenvalue weighted by Gasteiger charge is -2.33. The van der Waals surface area contributed by atoms with Crippen LogP contribution in [-0.4, -0.2) is 77.9 Å². The molecule has 3 heterocycles. The Morgan fingerprint density at radius 2 is 1.85 bits per heavy atom. The van der Waals surface area contributed by atoms with Gasteiger partial charge in [-0.15, -0.1) is 0 Å². The summed E-state index contributed by atoms with van der Waals surface area (Å²) in [5, 5.41) is 3.39. The molecule has 6 nitrogen and oxygen atoms in total. The van der Waals surface area contributed by atoms with Crippen LogP contribution in [0.5, 0.6) is 0 Å². The number of likely N-dealkylation sites (tertiary alicyclic amines) is 2. The number of nitrogens with one attached hydrogen (secondary N) is 1. The molecule has 146 valence electrons. The number of hydrogen-bond acceptors (Lipinski definition) is 4. The second-order valence-corrected chi connectivity index (χ2v) is 8.07. The van der Waals surface area contributed by atoms with Crippen molar-refractivity contribution < 1.29 is 9.59 Å². The van der Waals surface area contributed by atoms with Crippen molar-refractivity contribution in [2.24, 2.45) is 0 Å². The van der Waals surface area contributed by atoms with Crippen molar-refractivity contribution in [3.63, 3.8) is 0 Å². The van der Waals surface area contributed by atoms with E-state index < -0.39 is 0 Å². The van der Waals surface area contributed by atoms with Crippen LogP contribution >= 0.6 is 0 Å². The van der Waals surface area contributed by atoms with E-state index in [0.29, 0.717) is 25.4 Å². The lowest BCUT2D eigenvalue weighted by molar-refractivity contribution is -0.141. The zero-order valence-corrected chi connectivity index (χ0v) is 16.2. The fourth-order valence-corrected chi connectivity index (χ4v) is 4.58.